The van der Waals surface area contributed by atoms with Crippen LogP contribution >= 0.6 is 0 Å². The van der Waals surface area contributed by atoms with E-state index in [-0.39, 0.29) is 12.2 Å². The summed E-state index contributed by atoms with van der Waals surface area (Å²) in [5, 5.41) is 9.88. The van der Waals surface area contributed by atoms with E-state index >= 15 is 0 Å². The number of hydrogen-bond acceptors (Lipinski definition) is 15. The number of piperidine rings is 3. The highest BCUT2D eigenvalue weighted by Gasteiger charge is 2.49. The molecule has 4 aromatic heterocycles. The molecule has 6 fully saturated rings. The fraction of sp³-hybridized carbons (Fsp3) is 0.585. The molecule has 2 aromatic carbocycles. The number of likely N-dealkylation sites (tertiary alicyclic amines) is 4. The van der Waals surface area contributed by atoms with Crippen LogP contribution < -0.4 is 29.6 Å². The second-order valence-corrected chi connectivity index (χ2v) is 24.8. The third kappa shape index (κ3) is 13.5. The number of benzene rings is 2. The summed E-state index contributed by atoms with van der Waals surface area (Å²) in [7, 11) is 5.57. The van der Waals surface area contributed by atoms with Gasteiger partial charge in [0.15, 0.2) is 34.5 Å². The third-order valence-corrected chi connectivity index (χ3v) is 17.8. The molecule has 2 aliphatic carbocycles. The van der Waals surface area contributed by atoms with Crippen molar-refractivity contribution in [2.24, 2.45) is 5.41 Å². The lowest BCUT2D eigenvalue weighted by Gasteiger charge is -2.54. The van der Waals surface area contributed by atoms with Crippen LogP contribution in [0.3, 0.4) is 0 Å². The van der Waals surface area contributed by atoms with Crippen LogP contribution in [0.25, 0.3) is 44.7 Å². The van der Waals surface area contributed by atoms with Crippen LogP contribution in [0.1, 0.15) is 123 Å². The molecule has 2 N–H and O–H groups in total. The summed E-state index contributed by atoms with van der Waals surface area (Å²) in [6.07, 6.45) is 15.7. The van der Waals surface area contributed by atoms with Gasteiger partial charge < -0.3 is 62.8 Å². The monoisotopic (exact) mass is 1110 g/mol. The number of furan rings is 2. The van der Waals surface area contributed by atoms with Gasteiger partial charge in [0.2, 0.25) is 0 Å². The normalized spacial score (nSPS) is 20.2. The van der Waals surface area contributed by atoms with Gasteiger partial charge in [-0.2, -0.15) is 0 Å². The molecule has 16 heteroatoms. The van der Waals surface area contributed by atoms with Crippen molar-refractivity contribution in [3.63, 3.8) is 0 Å². The van der Waals surface area contributed by atoms with E-state index in [1.807, 2.05) is 52.0 Å². The number of pyridine rings is 2. The van der Waals surface area contributed by atoms with Gasteiger partial charge in [0.05, 0.1) is 31.9 Å². The Kier molecular flexibility index (Phi) is 17.3. The Morgan fingerprint density at radius 2 is 1.33 bits per heavy atom. The topological polar surface area (TPSA) is 152 Å². The van der Waals surface area contributed by atoms with Gasteiger partial charge in [-0.15, -0.1) is 0 Å². The van der Waals surface area contributed by atoms with Crippen LogP contribution in [0.2, 0.25) is 0 Å². The molecular formula is C65H88N8O8. The summed E-state index contributed by atoms with van der Waals surface area (Å²) < 4.78 is 42.1. The number of rotatable bonds is 17. The Hall–Kier alpha value is -6.23. The van der Waals surface area contributed by atoms with Gasteiger partial charge in [0.1, 0.15) is 34.6 Å². The molecule has 8 heterocycles. The Balaban J connectivity index is 0.000000170. The van der Waals surface area contributed by atoms with E-state index in [1.54, 1.807) is 19.1 Å². The predicted molar refractivity (Wildman–Crippen MR) is 320 cm³/mol. The maximum atomic E-state index is 12.5. The van der Waals surface area contributed by atoms with Gasteiger partial charge >= 0.3 is 6.09 Å². The van der Waals surface area contributed by atoms with E-state index < -0.39 is 5.60 Å². The molecule has 1 atom stereocenters. The van der Waals surface area contributed by atoms with E-state index in [0.717, 1.165) is 130 Å². The molecule has 4 aliphatic heterocycles. The molecule has 436 valence electrons. The highest BCUT2D eigenvalue weighted by atomic mass is 16.6. The number of nitrogens with one attached hydrogen (secondary N) is 2. The Morgan fingerprint density at radius 3 is 1.91 bits per heavy atom. The zero-order valence-corrected chi connectivity index (χ0v) is 49.5. The Bertz CT molecular complexity index is 3100. The Labute approximate surface area is 479 Å². The summed E-state index contributed by atoms with van der Waals surface area (Å²) >= 11 is 0. The zero-order chi connectivity index (χ0) is 56.3. The summed E-state index contributed by atoms with van der Waals surface area (Å²) in [4.78, 5) is 31.9. The average Bonchev–Trinajstić information content (AvgIpc) is 3.97. The smallest absolute Gasteiger partial charge is 0.410 e. The fourth-order valence-corrected chi connectivity index (χ4v) is 12.8. The number of carbonyl (C=O) groups excluding carboxylic acids is 1. The maximum Gasteiger partial charge on any atom is 0.410 e. The van der Waals surface area contributed by atoms with Gasteiger partial charge in [0.25, 0.3) is 0 Å². The highest BCUT2D eigenvalue weighted by molar-refractivity contribution is 5.97. The van der Waals surface area contributed by atoms with Crippen LogP contribution in [0.4, 0.5) is 16.2 Å². The van der Waals surface area contributed by atoms with Gasteiger partial charge in [0, 0.05) is 91.3 Å². The van der Waals surface area contributed by atoms with E-state index in [9.17, 15) is 4.79 Å². The van der Waals surface area contributed by atoms with Crippen molar-refractivity contribution in [3.05, 3.63) is 72.2 Å². The Morgan fingerprint density at radius 1 is 0.704 bits per heavy atom. The van der Waals surface area contributed by atoms with E-state index in [1.165, 1.54) is 77.5 Å². The molecule has 1 spiro atoms. The number of aromatic nitrogens is 2. The number of methoxy groups -OCH3 is 2. The number of amides is 1. The van der Waals surface area contributed by atoms with E-state index in [2.05, 4.69) is 75.7 Å². The molecule has 4 saturated heterocycles. The van der Waals surface area contributed by atoms with Gasteiger partial charge in [-0.3, -0.25) is 0 Å². The molecule has 2 saturated carbocycles. The molecule has 1 amide bonds. The zero-order valence-electron chi connectivity index (χ0n) is 49.5. The predicted octanol–water partition coefficient (Wildman–Crippen LogP) is 12.8. The molecule has 6 aliphatic rings. The average molecular weight is 1110 g/mol. The highest BCUT2D eigenvalue weighted by Crippen LogP contribution is 2.52. The lowest BCUT2D eigenvalue weighted by atomic mass is 9.59. The fourth-order valence-electron chi connectivity index (χ4n) is 12.8. The molecule has 6 aromatic rings. The molecule has 0 radical (unpaired) electrons. The van der Waals surface area contributed by atoms with Crippen molar-refractivity contribution in [2.45, 2.75) is 154 Å². The van der Waals surface area contributed by atoms with Crippen molar-refractivity contribution in [1.82, 2.24) is 29.6 Å². The van der Waals surface area contributed by atoms with Crippen LogP contribution in [0.15, 0.2) is 69.5 Å². The van der Waals surface area contributed by atoms with Gasteiger partial charge in [-0.05, 0) is 199 Å². The van der Waals surface area contributed by atoms with Crippen molar-refractivity contribution >= 4 is 39.3 Å². The first-order valence-electron chi connectivity index (χ1n) is 30.4. The molecule has 0 bridgehead atoms. The van der Waals surface area contributed by atoms with Crippen molar-refractivity contribution < 1.29 is 37.3 Å². The van der Waals surface area contributed by atoms with E-state index in [0.29, 0.717) is 61.5 Å². The quantitative estimate of drug-likeness (QED) is 0.0833. The standard InChI is InChI=1S/C34H46N4O3.C31H42N4O5/c1-3-25-9-10-30(41-25)29-22-27(36-33-11-12-34(33)13-18-38(19-14-34)24-7-8-24)26-21-31(39-2)32(23-28(26)35-29)40-20-6-17-37-15-4-5-16-37;1-20-7-8-27(38-20)26-18-24(32-21-9-13-34(5)14-10-21)23-17-28(37-6)29(19-25(23)33-26)39-22-11-15-35(16-12-22)30(36)40-31(2,3)4/h9-10,21-24,33H,3-8,11-20H2,1-2H3,(H,35,36);7-8,17-19,21-22H,9-16H2,1-6H3,(H,32,33). The number of aryl methyl sites for hydroxylation is 2. The lowest BCUT2D eigenvalue weighted by Crippen LogP contribution is -2.55. The first-order valence-corrected chi connectivity index (χ1v) is 30.4. The number of anilines is 2. The van der Waals surface area contributed by atoms with Gasteiger partial charge in [-0.25, -0.2) is 14.8 Å². The second kappa shape index (κ2) is 24.7. The summed E-state index contributed by atoms with van der Waals surface area (Å²) in [5.74, 6) is 6.22. The van der Waals surface area contributed by atoms with Crippen LogP contribution in [-0.4, -0.2) is 152 Å². The molecule has 81 heavy (non-hydrogen) atoms. The lowest BCUT2D eigenvalue weighted by molar-refractivity contribution is 0.0124. The van der Waals surface area contributed by atoms with Gasteiger partial charge in [-0.1, -0.05) is 6.92 Å². The minimum Gasteiger partial charge on any atom is -0.493 e. The summed E-state index contributed by atoms with van der Waals surface area (Å²) in [5.41, 5.74) is 5.38. The van der Waals surface area contributed by atoms with E-state index in [4.69, 9.17) is 42.5 Å². The first kappa shape index (κ1) is 56.6. The molecule has 1 unspecified atom stereocenters. The number of nitrogens with zero attached hydrogens (tertiary/aromatic N) is 6. The maximum absolute atomic E-state index is 12.5. The number of carbonyl (C=O) groups is 1. The number of fused-ring (bicyclic) bond motifs is 2. The SMILES string of the molecule is CCc1ccc(-c2cc(NC3CCC34CCN(C3CC3)CC4)c3cc(OC)c(OCCCN4CCCC4)cc3n2)o1.COc1cc2c(NC3CCN(C)CC3)cc(-c3ccc(C)o3)nc2cc1OC1CCN(C(=O)OC(C)(C)C)CC1. The number of ether oxygens (including phenoxy) is 5. The molecule has 12 rings (SSSR count). The van der Waals surface area contributed by atoms with Crippen molar-refractivity contribution in [3.8, 4) is 45.9 Å². The van der Waals surface area contributed by atoms with Crippen LogP contribution in [0, 0.1) is 12.3 Å². The van der Waals surface area contributed by atoms with Crippen LogP contribution in [0.5, 0.6) is 23.0 Å². The minimum absolute atomic E-state index is 0.0437. The number of hydrogen-bond donors (Lipinski definition) is 2. The van der Waals surface area contributed by atoms with Crippen molar-refractivity contribution in [1.29, 1.82) is 0 Å². The summed E-state index contributed by atoms with van der Waals surface area (Å²) in [6.45, 7) is 19.7. The van der Waals surface area contributed by atoms with Crippen LogP contribution in [-0.2, 0) is 11.2 Å². The largest absolute Gasteiger partial charge is 0.493 e. The summed E-state index contributed by atoms with van der Waals surface area (Å²) in [6, 6.07) is 22.2. The van der Waals surface area contributed by atoms with Crippen molar-refractivity contribution in [2.75, 3.05) is 97.4 Å². The first-order chi connectivity index (χ1) is 39.2. The second-order valence-electron chi connectivity index (χ2n) is 24.8. The molecule has 16 nitrogen and oxygen atoms in total. The third-order valence-electron chi connectivity index (χ3n) is 17.8. The minimum atomic E-state index is -0.510. The molecular weight excluding hydrogens is 1020 g/mol.